The van der Waals surface area contributed by atoms with Crippen LogP contribution < -0.4 is 10.6 Å². The normalized spacial score (nSPS) is 22.3. The van der Waals surface area contributed by atoms with Crippen molar-refractivity contribution in [1.82, 2.24) is 15.6 Å². The molecule has 2 rings (SSSR count). The van der Waals surface area contributed by atoms with Crippen LogP contribution in [-0.4, -0.2) is 23.5 Å². The molecule has 1 fully saturated rings. The summed E-state index contributed by atoms with van der Waals surface area (Å²) in [5, 5.41) is 7.42. The molecule has 2 atom stereocenters. The van der Waals surface area contributed by atoms with Crippen molar-refractivity contribution in [2.24, 2.45) is 0 Å². The van der Waals surface area contributed by atoms with E-state index in [0.29, 0.717) is 0 Å². The number of thiazole rings is 1. The van der Waals surface area contributed by atoms with Crippen LogP contribution >= 0.6 is 11.3 Å². The van der Waals surface area contributed by atoms with Crippen LogP contribution in [0.15, 0.2) is 6.20 Å². The molecule has 18 heavy (non-hydrogen) atoms. The van der Waals surface area contributed by atoms with Crippen molar-refractivity contribution in [2.75, 3.05) is 6.54 Å². The fourth-order valence-corrected chi connectivity index (χ4v) is 3.03. The first kappa shape index (κ1) is 13.5. The van der Waals surface area contributed by atoms with Gasteiger partial charge in [0.2, 0.25) is 5.91 Å². The summed E-state index contributed by atoms with van der Waals surface area (Å²) in [6, 6.07) is 0.0700. The van der Waals surface area contributed by atoms with Crippen LogP contribution in [0.1, 0.15) is 49.0 Å². The summed E-state index contributed by atoms with van der Waals surface area (Å²) in [6.07, 6.45) is 6.05. The molecule has 1 aromatic heterocycles. The Morgan fingerprint density at radius 1 is 1.61 bits per heavy atom. The maximum Gasteiger partial charge on any atom is 0.237 e. The monoisotopic (exact) mass is 267 g/mol. The highest BCUT2D eigenvalue weighted by molar-refractivity contribution is 7.11. The second kappa shape index (κ2) is 6.29. The molecule has 100 valence electrons. The Morgan fingerprint density at radius 2 is 2.44 bits per heavy atom. The molecule has 0 bridgehead atoms. The van der Waals surface area contributed by atoms with Crippen LogP contribution in [0.2, 0.25) is 0 Å². The van der Waals surface area contributed by atoms with E-state index in [-0.39, 0.29) is 18.0 Å². The van der Waals surface area contributed by atoms with Crippen molar-refractivity contribution in [3.05, 3.63) is 16.1 Å². The third-order valence-corrected chi connectivity index (χ3v) is 4.60. The van der Waals surface area contributed by atoms with Gasteiger partial charge in [0.15, 0.2) is 0 Å². The number of aryl methyl sites for hydroxylation is 1. The van der Waals surface area contributed by atoms with Gasteiger partial charge in [0.05, 0.1) is 12.1 Å². The number of aromatic nitrogens is 1. The van der Waals surface area contributed by atoms with Crippen molar-refractivity contribution >= 4 is 17.2 Å². The fourth-order valence-electron chi connectivity index (χ4n) is 2.16. The molecule has 2 heterocycles. The fraction of sp³-hybridized carbons (Fsp3) is 0.692. The number of carbonyl (C=O) groups excluding carboxylic acids is 1. The number of rotatable bonds is 4. The van der Waals surface area contributed by atoms with Crippen LogP contribution in [-0.2, 0) is 11.2 Å². The molecule has 0 saturated carbocycles. The Balaban J connectivity index is 1.96. The van der Waals surface area contributed by atoms with Crippen molar-refractivity contribution < 1.29 is 4.79 Å². The van der Waals surface area contributed by atoms with Crippen molar-refractivity contribution in [1.29, 1.82) is 0 Å². The Kier molecular flexibility index (Phi) is 4.72. The average Bonchev–Trinajstić information content (AvgIpc) is 2.77. The second-order valence-electron chi connectivity index (χ2n) is 4.75. The molecule has 0 radical (unpaired) electrons. The standard InChI is InChI=1S/C13H21N3OS/c1-3-10-8-15-13(18-10)9(2)16-11-6-4-5-7-14-12(11)17/h8-9,11,16H,3-7H2,1-2H3,(H,14,17). The zero-order chi connectivity index (χ0) is 13.0. The number of hydrogen-bond acceptors (Lipinski definition) is 4. The van der Waals surface area contributed by atoms with Crippen molar-refractivity contribution in [3.63, 3.8) is 0 Å². The summed E-state index contributed by atoms with van der Waals surface area (Å²) in [5.74, 6) is 0.131. The number of hydrogen-bond donors (Lipinski definition) is 2. The molecular weight excluding hydrogens is 246 g/mol. The Morgan fingerprint density at radius 3 is 3.17 bits per heavy atom. The third-order valence-electron chi connectivity index (χ3n) is 3.28. The van der Waals surface area contributed by atoms with Gasteiger partial charge < -0.3 is 5.32 Å². The molecule has 1 saturated heterocycles. The minimum atomic E-state index is -0.0727. The van der Waals surface area contributed by atoms with E-state index in [9.17, 15) is 4.79 Å². The van der Waals surface area contributed by atoms with E-state index in [1.807, 2.05) is 6.20 Å². The Hall–Kier alpha value is -0.940. The largest absolute Gasteiger partial charge is 0.355 e. The molecule has 1 aliphatic rings. The third kappa shape index (κ3) is 3.29. The van der Waals surface area contributed by atoms with Crippen LogP contribution in [0.4, 0.5) is 0 Å². The van der Waals surface area contributed by atoms with Crippen LogP contribution in [0.25, 0.3) is 0 Å². The van der Waals surface area contributed by atoms with E-state index < -0.39 is 0 Å². The minimum absolute atomic E-state index is 0.0727. The van der Waals surface area contributed by atoms with E-state index in [1.165, 1.54) is 4.88 Å². The van der Waals surface area contributed by atoms with E-state index in [0.717, 1.165) is 37.2 Å². The summed E-state index contributed by atoms with van der Waals surface area (Å²) >= 11 is 1.73. The summed E-state index contributed by atoms with van der Waals surface area (Å²) in [5.41, 5.74) is 0. The zero-order valence-electron chi connectivity index (χ0n) is 11.0. The molecule has 1 aromatic rings. The van der Waals surface area contributed by atoms with Gasteiger partial charge in [-0.1, -0.05) is 6.92 Å². The molecular formula is C13H21N3OS. The summed E-state index contributed by atoms with van der Waals surface area (Å²) in [6.45, 7) is 5.02. The summed E-state index contributed by atoms with van der Waals surface area (Å²) in [7, 11) is 0. The summed E-state index contributed by atoms with van der Waals surface area (Å²) < 4.78 is 0. The topological polar surface area (TPSA) is 54.0 Å². The lowest BCUT2D eigenvalue weighted by Gasteiger charge is -2.19. The molecule has 0 aromatic carbocycles. The molecule has 2 N–H and O–H groups in total. The van der Waals surface area contributed by atoms with Crippen molar-refractivity contribution in [2.45, 2.75) is 51.6 Å². The van der Waals surface area contributed by atoms with Gasteiger partial charge in [0.1, 0.15) is 5.01 Å². The van der Waals surface area contributed by atoms with Crippen LogP contribution in [0.5, 0.6) is 0 Å². The smallest absolute Gasteiger partial charge is 0.237 e. The van der Waals surface area contributed by atoms with Gasteiger partial charge >= 0.3 is 0 Å². The molecule has 0 spiro atoms. The van der Waals surface area contributed by atoms with Gasteiger partial charge in [-0.2, -0.15) is 0 Å². The molecule has 1 aliphatic heterocycles. The van der Waals surface area contributed by atoms with Gasteiger partial charge in [-0.25, -0.2) is 4.98 Å². The van der Waals surface area contributed by atoms with Gasteiger partial charge in [0, 0.05) is 17.6 Å². The lowest BCUT2D eigenvalue weighted by atomic mass is 10.1. The average molecular weight is 267 g/mol. The molecule has 4 nitrogen and oxygen atoms in total. The lowest BCUT2D eigenvalue weighted by Crippen LogP contribution is -2.43. The molecule has 1 amide bonds. The highest BCUT2D eigenvalue weighted by atomic mass is 32.1. The Labute approximate surface area is 112 Å². The number of nitrogens with zero attached hydrogens (tertiary/aromatic N) is 1. The summed E-state index contributed by atoms with van der Waals surface area (Å²) in [4.78, 5) is 17.6. The first-order chi connectivity index (χ1) is 8.70. The van der Waals surface area contributed by atoms with E-state index in [1.54, 1.807) is 11.3 Å². The zero-order valence-corrected chi connectivity index (χ0v) is 11.8. The first-order valence-electron chi connectivity index (χ1n) is 6.69. The minimum Gasteiger partial charge on any atom is -0.355 e. The quantitative estimate of drug-likeness (QED) is 0.877. The highest BCUT2D eigenvalue weighted by Gasteiger charge is 2.23. The second-order valence-corrected chi connectivity index (χ2v) is 5.89. The van der Waals surface area contributed by atoms with E-state index >= 15 is 0 Å². The van der Waals surface area contributed by atoms with Gasteiger partial charge in [-0.15, -0.1) is 11.3 Å². The van der Waals surface area contributed by atoms with Gasteiger partial charge in [0.25, 0.3) is 0 Å². The van der Waals surface area contributed by atoms with E-state index in [4.69, 9.17) is 0 Å². The molecule has 0 aliphatic carbocycles. The number of nitrogens with one attached hydrogen (secondary N) is 2. The first-order valence-corrected chi connectivity index (χ1v) is 7.50. The lowest BCUT2D eigenvalue weighted by molar-refractivity contribution is -0.123. The Bertz CT molecular complexity index is 405. The van der Waals surface area contributed by atoms with E-state index in [2.05, 4.69) is 29.5 Å². The van der Waals surface area contributed by atoms with Gasteiger partial charge in [-0.3, -0.25) is 10.1 Å². The molecule has 5 heteroatoms. The maximum atomic E-state index is 11.9. The van der Waals surface area contributed by atoms with Crippen LogP contribution in [0.3, 0.4) is 0 Å². The SMILES string of the molecule is CCc1cnc(C(C)NC2CCCCNC2=O)s1. The molecule has 2 unspecified atom stereocenters. The highest BCUT2D eigenvalue weighted by Crippen LogP contribution is 2.21. The van der Waals surface area contributed by atoms with Gasteiger partial charge in [-0.05, 0) is 32.6 Å². The number of carbonyl (C=O) groups is 1. The maximum absolute atomic E-state index is 11.9. The number of amides is 1. The van der Waals surface area contributed by atoms with Crippen LogP contribution in [0, 0.1) is 0 Å². The van der Waals surface area contributed by atoms with Crippen molar-refractivity contribution in [3.8, 4) is 0 Å². The predicted molar refractivity (Wildman–Crippen MR) is 73.7 cm³/mol. The predicted octanol–water partition coefficient (Wildman–Crippen LogP) is 2.02.